The van der Waals surface area contributed by atoms with Crippen molar-refractivity contribution in [2.24, 2.45) is 40.4 Å². The van der Waals surface area contributed by atoms with Crippen LogP contribution in [-0.2, 0) is 4.79 Å². The number of fused-ring (bicyclic) bond motifs is 5. The molecule has 1 heterocycles. The van der Waals surface area contributed by atoms with Gasteiger partial charge in [-0.3, -0.25) is 4.79 Å². The summed E-state index contributed by atoms with van der Waals surface area (Å²) in [4.78, 5) is 11.9. The number of amides is 1. The first-order valence-electron chi connectivity index (χ1n) is 11.4. The van der Waals surface area contributed by atoms with Crippen molar-refractivity contribution in [2.75, 3.05) is 0 Å². The van der Waals surface area contributed by atoms with Crippen LogP contribution < -0.4 is 5.32 Å². The molecular weight excluding hydrogens is 318 g/mol. The molecule has 26 heavy (non-hydrogen) atoms. The van der Waals surface area contributed by atoms with Gasteiger partial charge < -0.3 is 5.32 Å². The van der Waals surface area contributed by atoms with Crippen LogP contribution in [0.5, 0.6) is 0 Å². The minimum absolute atomic E-state index is 0.121. The lowest BCUT2D eigenvalue weighted by Gasteiger charge is -2.61. The zero-order valence-electron chi connectivity index (χ0n) is 17.4. The average Bonchev–Trinajstić information content (AvgIpc) is 2.93. The molecule has 0 aromatic rings. The van der Waals surface area contributed by atoms with Crippen LogP contribution in [0.3, 0.4) is 0 Å². The van der Waals surface area contributed by atoms with Crippen LogP contribution >= 0.6 is 0 Å². The minimum atomic E-state index is 0.121. The van der Waals surface area contributed by atoms with E-state index in [1.54, 1.807) is 0 Å². The van der Waals surface area contributed by atoms with E-state index in [-0.39, 0.29) is 11.3 Å². The molecule has 2 heteroatoms. The summed E-state index contributed by atoms with van der Waals surface area (Å²) in [6.45, 7) is 9.89. The molecule has 0 saturated heterocycles. The van der Waals surface area contributed by atoms with E-state index in [2.05, 4.69) is 39.1 Å². The number of nitrogens with one attached hydrogen (secondary N) is 1. The predicted molar refractivity (Wildman–Crippen MR) is 108 cm³/mol. The van der Waals surface area contributed by atoms with Crippen molar-refractivity contribution >= 4 is 5.91 Å². The summed E-state index contributed by atoms with van der Waals surface area (Å²) >= 11 is 0. The number of unbranched alkanes of at least 4 members (excludes halogenated alkanes) is 2. The monoisotopic (exact) mass is 357 g/mol. The smallest absolute Gasteiger partial charge is 0.243 e. The van der Waals surface area contributed by atoms with Gasteiger partial charge in [-0.25, -0.2) is 0 Å². The molecule has 3 saturated carbocycles. The molecule has 1 aliphatic heterocycles. The third-order valence-corrected chi connectivity index (χ3v) is 9.41. The van der Waals surface area contributed by atoms with Gasteiger partial charge in [0.1, 0.15) is 0 Å². The largest absolute Gasteiger partial charge is 0.349 e. The van der Waals surface area contributed by atoms with Crippen LogP contribution in [0.15, 0.2) is 12.2 Å². The van der Waals surface area contributed by atoms with Gasteiger partial charge in [0.25, 0.3) is 0 Å². The summed E-state index contributed by atoms with van der Waals surface area (Å²) in [5, 5.41) is 3.31. The molecule has 3 unspecified atom stereocenters. The lowest BCUT2D eigenvalue weighted by Crippen LogP contribution is -2.61. The molecule has 3 aliphatic carbocycles. The summed E-state index contributed by atoms with van der Waals surface area (Å²) in [6.07, 6.45) is 16.6. The van der Waals surface area contributed by atoms with E-state index < -0.39 is 0 Å². The standard InChI is InChI=1S/C24H39NO/c1-5-6-7-8-17-9-10-18-22-16(2)15-20-24(4,14-12-21(26)25-20)19(22)11-13-23(17,18)3/h12,14,16-20,22H,5-11,13,15H2,1-4H3,(H,25,26)/t16?,17?,18-,19+,20?,22-,23+,24+/m0/s1. The van der Waals surface area contributed by atoms with E-state index in [0.717, 1.165) is 29.6 Å². The Kier molecular flexibility index (Phi) is 4.77. The van der Waals surface area contributed by atoms with E-state index in [1.165, 1.54) is 57.8 Å². The van der Waals surface area contributed by atoms with Gasteiger partial charge in [0.2, 0.25) is 5.91 Å². The molecule has 2 nitrogen and oxygen atoms in total. The van der Waals surface area contributed by atoms with Gasteiger partial charge in [-0.2, -0.15) is 0 Å². The molecule has 0 aromatic carbocycles. The zero-order valence-corrected chi connectivity index (χ0v) is 17.4. The van der Waals surface area contributed by atoms with Crippen molar-refractivity contribution in [3.63, 3.8) is 0 Å². The second-order valence-electron chi connectivity index (χ2n) is 10.6. The van der Waals surface area contributed by atoms with Crippen LogP contribution in [-0.4, -0.2) is 11.9 Å². The molecule has 0 aromatic heterocycles. The van der Waals surface area contributed by atoms with Crippen molar-refractivity contribution in [3.05, 3.63) is 12.2 Å². The summed E-state index contributed by atoms with van der Waals surface area (Å²) in [5.41, 5.74) is 0.751. The fourth-order valence-electron chi connectivity index (χ4n) is 7.91. The highest BCUT2D eigenvalue weighted by Gasteiger charge is 2.61. The Labute approximate surface area is 160 Å². The second-order valence-corrected chi connectivity index (χ2v) is 10.6. The van der Waals surface area contributed by atoms with E-state index >= 15 is 0 Å². The Morgan fingerprint density at radius 1 is 1.15 bits per heavy atom. The van der Waals surface area contributed by atoms with Crippen LogP contribution in [0.2, 0.25) is 0 Å². The fourth-order valence-corrected chi connectivity index (χ4v) is 7.91. The second kappa shape index (κ2) is 6.67. The summed E-state index contributed by atoms with van der Waals surface area (Å²) < 4.78 is 0. The number of hydrogen-bond acceptors (Lipinski definition) is 1. The Morgan fingerprint density at radius 3 is 2.73 bits per heavy atom. The van der Waals surface area contributed by atoms with Crippen molar-refractivity contribution in [1.29, 1.82) is 0 Å². The zero-order chi connectivity index (χ0) is 18.5. The average molecular weight is 358 g/mol. The van der Waals surface area contributed by atoms with Gasteiger partial charge in [-0.05, 0) is 79.6 Å². The normalized spacial score (nSPS) is 49.9. The molecule has 0 radical (unpaired) electrons. The molecule has 3 fully saturated rings. The summed E-state index contributed by atoms with van der Waals surface area (Å²) in [5.74, 6) is 4.33. The lowest BCUT2D eigenvalue weighted by molar-refractivity contribution is -0.125. The Hall–Kier alpha value is -0.790. The summed E-state index contributed by atoms with van der Waals surface area (Å²) in [7, 11) is 0. The first kappa shape index (κ1) is 18.6. The molecule has 4 rings (SSSR count). The van der Waals surface area contributed by atoms with E-state index in [1.807, 2.05) is 6.08 Å². The van der Waals surface area contributed by atoms with Crippen LogP contribution in [0.4, 0.5) is 0 Å². The maximum absolute atomic E-state index is 11.9. The molecule has 8 atom stereocenters. The molecule has 1 amide bonds. The molecular formula is C24H39NO. The number of carbonyl (C=O) groups is 1. The van der Waals surface area contributed by atoms with Crippen molar-refractivity contribution in [1.82, 2.24) is 5.32 Å². The van der Waals surface area contributed by atoms with E-state index in [4.69, 9.17) is 0 Å². The number of carbonyl (C=O) groups excluding carboxylic acids is 1. The first-order valence-corrected chi connectivity index (χ1v) is 11.4. The molecule has 0 bridgehead atoms. The Bertz CT molecular complexity index is 583. The first-order chi connectivity index (χ1) is 12.4. The van der Waals surface area contributed by atoms with Gasteiger partial charge in [-0.15, -0.1) is 0 Å². The van der Waals surface area contributed by atoms with Gasteiger partial charge in [0.05, 0.1) is 0 Å². The highest BCUT2D eigenvalue weighted by atomic mass is 16.1. The maximum Gasteiger partial charge on any atom is 0.243 e. The third kappa shape index (κ3) is 2.69. The van der Waals surface area contributed by atoms with Gasteiger partial charge >= 0.3 is 0 Å². The predicted octanol–water partition coefficient (Wildman–Crippen LogP) is 5.73. The van der Waals surface area contributed by atoms with Crippen molar-refractivity contribution in [3.8, 4) is 0 Å². The molecule has 0 spiro atoms. The number of rotatable bonds is 4. The van der Waals surface area contributed by atoms with Crippen LogP contribution in [0.25, 0.3) is 0 Å². The quantitative estimate of drug-likeness (QED) is 0.640. The van der Waals surface area contributed by atoms with Crippen LogP contribution in [0.1, 0.15) is 85.5 Å². The van der Waals surface area contributed by atoms with Crippen molar-refractivity contribution in [2.45, 2.75) is 91.5 Å². The maximum atomic E-state index is 11.9. The third-order valence-electron chi connectivity index (χ3n) is 9.41. The van der Waals surface area contributed by atoms with Crippen LogP contribution in [0, 0.1) is 40.4 Å². The van der Waals surface area contributed by atoms with Gasteiger partial charge in [0, 0.05) is 11.5 Å². The van der Waals surface area contributed by atoms with Gasteiger partial charge in [-0.1, -0.05) is 53.0 Å². The van der Waals surface area contributed by atoms with Crippen molar-refractivity contribution < 1.29 is 4.79 Å². The highest BCUT2D eigenvalue weighted by Crippen LogP contribution is 2.66. The molecule has 4 aliphatic rings. The topological polar surface area (TPSA) is 29.1 Å². The SMILES string of the molecule is CCCCCC1CC[C@H]2[C@@H]3C(C)CC4NC(=O)C=C[C@]4(C)[C@@H]3CC[C@]12C. The molecule has 146 valence electrons. The minimum Gasteiger partial charge on any atom is -0.349 e. The van der Waals surface area contributed by atoms with Gasteiger partial charge in [0.15, 0.2) is 0 Å². The Balaban J connectivity index is 1.58. The molecule has 1 N–H and O–H groups in total. The Morgan fingerprint density at radius 2 is 1.96 bits per heavy atom. The van der Waals surface area contributed by atoms with E-state index in [9.17, 15) is 4.79 Å². The summed E-state index contributed by atoms with van der Waals surface area (Å²) in [6, 6.07) is 0.349. The lowest BCUT2D eigenvalue weighted by atomic mass is 9.45. The highest BCUT2D eigenvalue weighted by molar-refractivity contribution is 5.89. The number of hydrogen-bond donors (Lipinski definition) is 1. The van der Waals surface area contributed by atoms with E-state index in [0.29, 0.717) is 11.5 Å². The fraction of sp³-hybridized carbons (Fsp3) is 0.875.